The summed E-state index contributed by atoms with van der Waals surface area (Å²) in [6.45, 7) is 4.98. The highest BCUT2D eigenvalue weighted by molar-refractivity contribution is 7.90. The van der Waals surface area contributed by atoms with Gasteiger partial charge in [-0.2, -0.15) is 0 Å². The van der Waals surface area contributed by atoms with Crippen molar-refractivity contribution in [2.45, 2.75) is 11.8 Å². The van der Waals surface area contributed by atoms with Gasteiger partial charge in [0.15, 0.2) is 0 Å². The zero-order valence-corrected chi connectivity index (χ0v) is 10.3. The van der Waals surface area contributed by atoms with Gasteiger partial charge < -0.3 is 5.32 Å². The minimum absolute atomic E-state index is 0.195. The lowest BCUT2D eigenvalue weighted by molar-refractivity contribution is -0.112. The first-order valence-corrected chi connectivity index (χ1v) is 6.19. The maximum absolute atomic E-state index is 11.5. The Morgan fingerprint density at radius 1 is 1.50 bits per heavy atom. The molecule has 0 saturated carbocycles. The van der Waals surface area contributed by atoms with Crippen LogP contribution < -0.4 is 5.32 Å². The van der Waals surface area contributed by atoms with Crippen LogP contribution in [0.4, 0.5) is 5.69 Å². The van der Waals surface area contributed by atoms with Crippen LogP contribution in [-0.2, 0) is 14.8 Å². The van der Waals surface area contributed by atoms with Crippen LogP contribution in [0.3, 0.4) is 0 Å². The fraction of sp³-hybridized carbons (Fsp3) is 0.100. The second-order valence-corrected chi connectivity index (χ2v) is 4.99. The molecule has 0 aliphatic heterocycles. The zero-order chi connectivity index (χ0) is 13.8. The molecule has 1 rings (SSSR count). The van der Waals surface area contributed by atoms with E-state index in [9.17, 15) is 13.2 Å². The van der Waals surface area contributed by atoms with E-state index in [1.165, 1.54) is 31.2 Å². The predicted octanol–water partition coefficient (Wildman–Crippen LogP) is 2.20. The third kappa shape index (κ3) is 3.34. The Bertz CT molecular complexity index is 645. The van der Waals surface area contributed by atoms with Crippen LogP contribution in [0.15, 0.2) is 45.8 Å². The summed E-state index contributed by atoms with van der Waals surface area (Å²) in [6.07, 6.45) is 0. The maximum atomic E-state index is 11.5. The third-order valence-electron chi connectivity index (χ3n) is 1.92. The van der Waals surface area contributed by atoms with Crippen LogP contribution in [0, 0.1) is 0 Å². The monoisotopic (exact) mass is 266 g/mol. The Hall–Kier alpha value is -2.31. The minimum Gasteiger partial charge on any atom is -0.322 e. The van der Waals surface area contributed by atoms with Crippen LogP contribution >= 0.6 is 0 Å². The van der Waals surface area contributed by atoms with Gasteiger partial charge in [0.2, 0.25) is 0 Å². The van der Waals surface area contributed by atoms with Crippen molar-refractivity contribution in [3.63, 3.8) is 0 Å². The molecule has 0 aliphatic rings. The summed E-state index contributed by atoms with van der Waals surface area (Å²) >= 11 is 0. The summed E-state index contributed by atoms with van der Waals surface area (Å²) in [7, 11) is -4.05. The number of anilines is 1. The van der Waals surface area contributed by atoms with Gasteiger partial charge in [-0.1, -0.05) is 12.6 Å². The number of amides is 1. The number of rotatable bonds is 4. The molecule has 0 fully saturated rings. The molecular formula is C10H10N4O3S. The number of carbonyl (C=O) groups excluding carboxylic acids is 1. The number of nitrogens with zero attached hydrogens (tertiary/aromatic N) is 3. The Labute approximate surface area is 104 Å². The number of azide groups is 1. The number of carbonyl (C=O) groups is 1. The van der Waals surface area contributed by atoms with Crippen molar-refractivity contribution >= 4 is 21.6 Å². The molecule has 1 amide bonds. The molecule has 7 nitrogen and oxygen atoms in total. The van der Waals surface area contributed by atoms with E-state index in [0.717, 1.165) is 0 Å². The largest absolute Gasteiger partial charge is 0.322 e. The molecule has 0 saturated heterocycles. The van der Waals surface area contributed by atoms with E-state index in [4.69, 9.17) is 5.53 Å². The predicted molar refractivity (Wildman–Crippen MR) is 66.2 cm³/mol. The number of hydrogen-bond acceptors (Lipinski definition) is 3. The maximum Gasteiger partial charge on any atom is 0.264 e. The summed E-state index contributed by atoms with van der Waals surface area (Å²) in [4.78, 5) is 13.4. The Morgan fingerprint density at radius 2 is 2.17 bits per heavy atom. The molecule has 0 spiro atoms. The second-order valence-electron chi connectivity index (χ2n) is 3.41. The Kier molecular flexibility index (Phi) is 4.09. The second kappa shape index (κ2) is 5.35. The lowest BCUT2D eigenvalue weighted by Crippen LogP contribution is -2.12. The van der Waals surface area contributed by atoms with Gasteiger partial charge in [0.05, 0.1) is 4.90 Å². The van der Waals surface area contributed by atoms with Gasteiger partial charge in [-0.25, -0.2) is 8.42 Å². The average Bonchev–Trinajstić information content (AvgIpc) is 2.29. The zero-order valence-electron chi connectivity index (χ0n) is 9.49. The molecule has 1 aromatic rings. The standard InChI is InChI=1S/C10H10N4O3S/c1-7(2)10(15)12-8-4-3-5-9(6-8)18(16,17)14-13-11/h3-6H,1H2,2H3,(H,12,15). The summed E-state index contributed by atoms with van der Waals surface area (Å²) in [5, 5.41) is 2.46. The molecule has 0 unspecified atom stereocenters. The van der Waals surface area contributed by atoms with Crippen molar-refractivity contribution < 1.29 is 13.2 Å². The molecule has 0 aliphatic carbocycles. The molecule has 8 heteroatoms. The van der Waals surface area contributed by atoms with Crippen molar-refractivity contribution in [2.24, 2.45) is 4.52 Å². The SMILES string of the molecule is C=C(C)C(=O)Nc1cccc(S(=O)(=O)N=[N+]=[N-])c1. The van der Waals surface area contributed by atoms with Crippen LogP contribution in [0.1, 0.15) is 6.92 Å². The average molecular weight is 266 g/mol. The number of benzene rings is 1. The van der Waals surface area contributed by atoms with E-state index in [0.29, 0.717) is 5.57 Å². The molecule has 94 valence electrons. The van der Waals surface area contributed by atoms with Gasteiger partial charge in [0.1, 0.15) is 0 Å². The van der Waals surface area contributed by atoms with Gasteiger partial charge in [-0.05, 0) is 30.7 Å². The molecule has 0 bridgehead atoms. The molecule has 1 N–H and O–H groups in total. The highest BCUT2D eigenvalue weighted by Crippen LogP contribution is 2.18. The Morgan fingerprint density at radius 3 is 2.72 bits per heavy atom. The van der Waals surface area contributed by atoms with Crippen LogP contribution in [0.2, 0.25) is 0 Å². The van der Waals surface area contributed by atoms with E-state index in [1.54, 1.807) is 0 Å². The molecule has 0 radical (unpaired) electrons. The van der Waals surface area contributed by atoms with E-state index in [1.807, 2.05) is 0 Å². The van der Waals surface area contributed by atoms with E-state index in [-0.39, 0.29) is 10.6 Å². The normalized spacial score (nSPS) is 10.3. The Balaban J connectivity index is 3.11. The lowest BCUT2D eigenvalue weighted by Gasteiger charge is -2.05. The molecule has 1 aromatic carbocycles. The summed E-state index contributed by atoms with van der Waals surface area (Å²) < 4.78 is 25.6. The van der Waals surface area contributed by atoms with Gasteiger partial charge in [0.25, 0.3) is 15.9 Å². The first-order valence-electron chi connectivity index (χ1n) is 4.75. The van der Waals surface area contributed by atoms with E-state index < -0.39 is 15.9 Å². The van der Waals surface area contributed by atoms with Gasteiger partial charge >= 0.3 is 0 Å². The van der Waals surface area contributed by atoms with Crippen molar-refractivity contribution in [3.8, 4) is 0 Å². The van der Waals surface area contributed by atoms with Crippen molar-refractivity contribution in [2.75, 3.05) is 5.32 Å². The molecular weight excluding hydrogens is 256 g/mol. The minimum atomic E-state index is -4.05. The molecule has 0 aromatic heterocycles. The first kappa shape index (κ1) is 13.8. The van der Waals surface area contributed by atoms with E-state index in [2.05, 4.69) is 21.3 Å². The number of nitrogens with one attached hydrogen (secondary N) is 1. The summed E-state index contributed by atoms with van der Waals surface area (Å²) in [5.41, 5.74) is 8.71. The fourth-order valence-corrected chi connectivity index (χ4v) is 1.78. The summed E-state index contributed by atoms with van der Waals surface area (Å²) in [5.74, 6) is -0.423. The molecule has 0 heterocycles. The van der Waals surface area contributed by atoms with Crippen molar-refractivity contribution in [1.82, 2.24) is 0 Å². The van der Waals surface area contributed by atoms with Crippen molar-refractivity contribution in [3.05, 3.63) is 46.9 Å². The van der Waals surface area contributed by atoms with Gasteiger partial charge in [0, 0.05) is 20.7 Å². The fourth-order valence-electron chi connectivity index (χ4n) is 1.07. The van der Waals surface area contributed by atoms with E-state index >= 15 is 0 Å². The van der Waals surface area contributed by atoms with Crippen molar-refractivity contribution in [1.29, 1.82) is 0 Å². The topological polar surface area (TPSA) is 112 Å². The smallest absolute Gasteiger partial charge is 0.264 e. The van der Waals surface area contributed by atoms with Crippen LogP contribution in [0.25, 0.3) is 10.4 Å². The van der Waals surface area contributed by atoms with Gasteiger partial charge in [-0.3, -0.25) is 4.79 Å². The molecule has 0 atom stereocenters. The van der Waals surface area contributed by atoms with Crippen LogP contribution in [-0.4, -0.2) is 14.3 Å². The summed E-state index contributed by atoms with van der Waals surface area (Å²) in [6, 6.07) is 5.40. The van der Waals surface area contributed by atoms with Crippen LogP contribution in [0.5, 0.6) is 0 Å². The third-order valence-corrected chi connectivity index (χ3v) is 3.06. The first-order chi connectivity index (χ1) is 8.36. The quantitative estimate of drug-likeness (QED) is 0.390. The lowest BCUT2D eigenvalue weighted by atomic mass is 10.3. The number of hydrogen-bond donors (Lipinski definition) is 1. The van der Waals surface area contributed by atoms with Gasteiger partial charge in [-0.15, -0.1) is 0 Å². The molecule has 18 heavy (non-hydrogen) atoms. The highest BCUT2D eigenvalue weighted by Gasteiger charge is 2.13. The highest BCUT2D eigenvalue weighted by atomic mass is 32.2. The number of sulfonamides is 1.